The van der Waals surface area contributed by atoms with Gasteiger partial charge in [-0.05, 0) is 23.8 Å². The molecule has 4 heteroatoms. The number of hydrogen-bond acceptors (Lipinski definition) is 3. The van der Waals surface area contributed by atoms with Gasteiger partial charge in [-0.2, -0.15) is 0 Å². The minimum atomic E-state index is -3.05. The largest absolute Gasteiger partial charge is 0.311 e. The molecule has 1 unspecified atom stereocenters. The highest BCUT2D eigenvalue weighted by Gasteiger charge is 2.25. The van der Waals surface area contributed by atoms with E-state index in [9.17, 15) is 4.57 Å². The van der Waals surface area contributed by atoms with Gasteiger partial charge in [0.1, 0.15) is 5.44 Å². The number of hydrogen-bond donors (Lipinski definition) is 0. The van der Waals surface area contributed by atoms with Crippen LogP contribution in [0.1, 0.15) is 0 Å². The molecule has 0 aliphatic heterocycles. The number of rotatable bonds is 8. The molecule has 0 aliphatic rings. The number of aromatic nitrogens is 1. The monoisotopic (exact) mass is 374 g/mol. The van der Waals surface area contributed by atoms with Crippen molar-refractivity contribution in [1.29, 1.82) is 0 Å². The number of pyridine rings is 1. The number of allylic oxidation sites excluding steroid dienone is 5. The van der Waals surface area contributed by atoms with Gasteiger partial charge in [-0.15, -0.1) is 0 Å². The standard InChI is InChI=1S/C23H23N2OP/c1-6-13-19(7-2)21(8-3)24-18(4)27(5,26)23-17-12-16-22(25-23)20-14-10-9-11-15-20/h6-17H,1-4H2,5H3/b19-13+,24-21+. The van der Waals surface area contributed by atoms with Crippen LogP contribution >= 0.6 is 7.14 Å². The molecule has 0 saturated carbocycles. The van der Waals surface area contributed by atoms with Crippen molar-refractivity contribution < 1.29 is 4.57 Å². The van der Waals surface area contributed by atoms with Gasteiger partial charge in [-0.25, -0.2) is 9.98 Å². The second-order valence-corrected chi connectivity index (χ2v) is 8.67. The van der Waals surface area contributed by atoms with Crippen LogP contribution in [0.2, 0.25) is 0 Å². The van der Waals surface area contributed by atoms with Gasteiger partial charge < -0.3 is 4.57 Å². The second kappa shape index (κ2) is 9.07. The Morgan fingerprint density at radius 2 is 1.74 bits per heavy atom. The highest BCUT2D eigenvalue weighted by molar-refractivity contribution is 7.74. The summed E-state index contributed by atoms with van der Waals surface area (Å²) in [4.78, 5) is 9.05. The Morgan fingerprint density at radius 1 is 1.04 bits per heavy atom. The molecule has 1 atom stereocenters. The first-order chi connectivity index (χ1) is 12.9. The van der Waals surface area contributed by atoms with E-state index in [-0.39, 0.29) is 5.44 Å². The third-order valence-electron chi connectivity index (χ3n) is 3.99. The Hall–Kier alpha value is -3.03. The molecule has 0 bridgehead atoms. The third-order valence-corrected chi connectivity index (χ3v) is 6.20. The Morgan fingerprint density at radius 3 is 2.33 bits per heavy atom. The summed E-state index contributed by atoms with van der Waals surface area (Å²) in [6.45, 7) is 16.8. The fraction of sp³-hybridized carbons (Fsp3) is 0.0435. The van der Waals surface area contributed by atoms with E-state index in [2.05, 4.69) is 36.3 Å². The molecule has 136 valence electrons. The molecule has 1 aromatic heterocycles. The molecule has 1 aromatic carbocycles. The maximum Gasteiger partial charge on any atom is 0.174 e. The van der Waals surface area contributed by atoms with Crippen LogP contribution in [0.5, 0.6) is 0 Å². The molecule has 0 aliphatic carbocycles. The zero-order valence-electron chi connectivity index (χ0n) is 15.5. The van der Waals surface area contributed by atoms with Crippen molar-refractivity contribution in [2.75, 3.05) is 6.66 Å². The zero-order chi connectivity index (χ0) is 19.9. The maximum atomic E-state index is 13.5. The van der Waals surface area contributed by atoms with Crippen molar-refractivity contribution in [2.45, 2.75) is 0 Å². The first-order valence-electron chi connectivity index (χ1n) is 8.40. The molecule has 2 aromatic rings. The van der Waals surface area contributed by atoms with Gasteiger partial charge >= 0.3 is 0 Å². The predicted molar refractivity (Wildman–Crippen MR) is 118 cm³/mol. The summed E-state index contributed by atoms with van der Waals surface area (Å²) >= 11 is 0. The average Bonchev–Trinajstić information content (AvgIpc) is 2.71. The fourth-order valence-electron chi connectivity index (χ4n) is 2.41. The van der Waals surface area contributed by atoms with Crippen LogP contribution in [0.3, 0.4) is 0 Å². The SMILES string of the molecule is C=C/C=C(C=C)/C(C=C)=N/C(=C)P(C)(=O)c1cccc(-c2ccccc2)n1. The molecule has 27 heavy (non-hydrogen) atoms. The highest BCUT2D eigenvalue weighted by atomic mass is 31.2. The molecule has 0 radical (unpaired) electrons. The van der Waals surface area contributed by atoms with Gasteiger partial charge in [0, 0.05) is 12.2 Å². The molecule has 2 rings (SSSR count). The molecular formula is C23H23N2OP. The van der Waals surface area contributed by atoms with Gasteiger partial charge in [0.05, 0.1) is 16.8 Å². The molecule has 3 nitrogen and oxygen atoms in total. The quantitative estimate of drug-likeness (QED) is 0.335. The Labute approximate surface area is 161 Å². The van der Waals surface area contributed by atoms with Crippen LogP contribution in [-0.2, 0) is 4.57 Å². The van der Waals surface area contributed by atoms with Gasteiger partial charge in [0.15, 0.2) is 7.14 Å². The van der Waals surface area contributed by atoms with E-state index in [4.69, 9.17) is 0 Å². The van der Waals surface area contributed by atoms with Crippen LogP contribution < -0.4 is 5.44 Å². The van der Waals surface area contributed by atoms with E-state index >= 15 is 0 Å². The van der Waals surface area contributed by atoms with E-state index in [1.54, 1.807) is 37.0 Å². The number of nitrogens with zero attached hydrogens (tertiary/aromatic N) is 2. The van der Waals surface area contributed by atoms with Gasteiger partial charge in [-0.3, -0.25) is 0 Å². The Balaban J connectivity index is 2.44. The summed E-state index contributed by atoms with van der Waals surface area (Å²) in [7, 11) is -3.05. The average molecular weight is 374 g/mol. The summed E-state index contributed by atoms with van der Waals surface area (Å²) < 4.78 is 13.5. The van der Waals surface area contributed by atoms with E-state index in [0.717, 1.165) is 16.8 Å². The van der Waals surface area contributed by atoms with E-state index in [1.165, 1.54) is 0 Å². The van der Waals surface area contributed by atoms with E-state index in [1.807, 2.05) is 42.5 Å². The van der Waals surface area contributed by atoms with Crippen LogP contribution in [0.4, 0.5) is 0 Å². The number of benzene rings is 1. The lowest BCUT2D eigenvalue weighted by Gasteiger charge is -2.14. The smallest absolute Gasteiger partial charge is 0.174 e. The Bertz CT molecular complexity index is 984. The molecule has 0 fully saturated rings. The van der Waals surface area contributed by atoms with Crippen molar-refractivity contribution in [3.05, 3.63) is 110 Å². The van der Waals surface area contributed by atoms with Gasteiger partial charge in [-0.1, -0.05) is 80.9 Å². The summed E-state index contributed by atoms with van der Waals surface area (Å²) in [6.07, 6.45) is 6.62. The lowest BCUT2D eigenvalue weighted by Crippen LogP contribution is -2.11. The normalized spacial score (nSPS) is 14.1. The lowest BCUT2D eigenvalue weighted by atomic mass is 10.1. The summed E-state index contributed by atoms with van der Waals surface area (Å²) in [5.41, 5.74) is 3.71. The summed E-state index contributed by atoms with van der Waals surface area (Å²) in [6, 6.07) is 15.2. The van der Waals surface area contributed by atoms with Gasteiger partial charge in [0.2, 0.25) is 0 Å². The first kappa shape index (κ1) is 20.3. The van der Waals surface area contributed by atoms with Gasteiger partial charge in [0.25, 0.3) is 0 Å². The summed E-state index contributed by atoms with van der Waals surface area (Å²) in [5.74, 6) is 0. The topological polar surface area (TPSA) is 42.3 Å². The maximum absolute atomic E-state index is 13.5. The fourth-order valence-corrected chi connectivity index (χ4v) is 3.64. The van der Waals surface area contributed by atoms with Crippen molar-refractivity contribution in [1.82, 2.24) is 4.98 Å². The van der Waals surface area contributed by atoms with Crippen LogP contribution in [-0.4, -0.2) is 17.4 Å². The molecule has 0 amide bonds. The molecule has 0 N–H and O–H groups in total. The van der Waals surface area contributed by atoms with E-state index < -0.39 is 7.14 Å². The van der Waals surface area contributed by atoms with Crippen molar-refractivity contribution in [3.63, 3.8) is 0 Å². The third kappa shape index (κ3) is 4.78. The van der Waals surface area contributed by atoms with Crippen molar-refractivity contribution >= 4 is 18.3 Å². The van der Waals surface area contributed by atoms with Crippen LogP contribution in [0.25, 0.3) is 11.3 Å². The zero-order valence-corrected chi connectivity index (χ0v) is 16.4. The van der Waals surface area contributed by atoms with Crippen LogP contribution in [0, 0.1) is 0 Å². The Kier molecular flexibility index (Phi) is 6.81. The lowest BCUT2D eigenvalue weighted by molar-refractivity contribution is 0.587. The predicted octanol–water partition coefficient (Wildman–Crippen LogP) is 5.76. The molecular weight excluding hydrogens is 351 g/mol. The molecule has 0 spiro atoms. The molecule has 0 saturated heterocycles. The van der Waals surface area contributed by atoms with Crippen LogP contribution in [0.15, 0.2) is 115 Å². The van der Waals surface area contributed by atoms with Crippen molar-refractivity contribution in [2.24, 2.45) is 4.99 Å². The molecule has 1 heterocycles. The highest BCUT2D eigenvalue weighted by Crippen LogP contribution is 2.48. The number of aliphatic imine (C=N–C) groups is 1. The minimum Gasteiger partial charge on any atom is -0.311 e. The first-order valence-corrected chi connectivity index (χ1v) is 10.6. The second-order valence-electron chi connectivity index (χ2n) is 5.85. The van der Waals surface area contributed by atoms with Crippen molar-refractivity contribution in [3.8, 4) is 11.3 Å². The van der Waals surface area contributed by atoms with E-state index in [0.29, 0.717) is 11.1 Å². The minimum absolute atomic E-state index is 0.256. The summed E-state index contributed by atoms with van der Waals surface area (Å²) in [5, 5.41) is 0.